The quantitative estimate of drug-likeness (QED) is 0.874. The summed E-state index contributed by atoms with van der Waals surface area (Å²) in [5.41, 5.74) is 0.543. The normalized spacial score (nSPS) is 14.7. The molecule has 1 aliphatic rings. The molecule has 2 aromatic rings. The molecule has 0 saturated carbocycles. The van der Waals surface area contributed by atoms with Gasteiger partial charge in [0.05, 0.1) is 5.56 Å². The molecule has 26 heavy (non-hydrogen) atoms. The van der Waals surface area contributed by atoms with Crippen LogP contribution in [0.15, 0.2) is 48.8 Å². The van der Waals surface area contributed by atoms with Crippen molar-refractivity contribution in [1.29, 1.82) is 0 Å². The highest BCUT2D eigenvalue weighted by molar-refractivity contribution is 6.30. The van der Waals surface area contributed by atoms with Crippen LogP contribution in [0.25, 0.3) is 0 Å². The maximum absolute atomic E-state index is 12.3. The number of rotatable bonds is 5. The first kappa shape index (κ1) is 18.2. The van der Waals surface area contributed by atoms with Gasteiger partial charge < -0.3 is 15.0 Å². The lowest BCUT2D eigenvalue weighted by Crippen LogP contribution is -2.47. The molecule has 0 aliphatic carbocycles. The summed E-state index contributed by atoms with van der Waals surface area (Å²) >= 11 is 5.90. The van der Waals surface area contributed by atoms with Crippen LogP contribution in [-0.4, -0.2) is 47.4 Å². The van der Waals surface area contributed by atoms with Gasteiger partial charge in [-0.2, -0.15) is 0 Å². The maximum atomic E-state index is 12.3. The largest absolute Gasteiger partial charge is 0.484 e. The van der Waals surface area contributed by atoms with E-state index >= 15 is 0 Å². The summed E-state index contributed by atoms with van der Waals surface area (Å²) in [5.74, 6) is 0.374. The number of nitrogens with one attached hydrogen (secondary N) is 1. The Morgan fingerprint density at radius 3 is 2.73 bits per heavy atom. The monoisotopic (exact) mass is 373 g/mol. The van der Waals surface area contributed by atoms with E-state index in [2.05, 4.69) is 10.3 Å². The van der Waals surface area contributed by atoms with E-state index < -0.39 is 0 Å². The van der Waals surface area contributed by atoms with Gasteiger partial charge in [-0.25, -0.2) is 0 Å². The van der Waals surface area contributed by atoms with E-state index in [4.69, 9.17) is 16.3 Å². The number of amides is 2. The molecule has 1 saturated heterocycles. The molecule has 1 aromatic heterocycles. The minimum Gasteiger partial charge on any atom is -0.484 e. The Balaban J connectivity index is 1.43. The minimum atomic E-state index is -0.132. The van der Waals surface area contributed by atoms with E-state index in [1.165, 1.54) is 0 Å². The molecule has 1 N–H and O–H groups in total. The first-order valence-corrected chi connectivity index (χ1v) is 8.86. The van der Waals surface area contributed by atoms with Crippen LogP contribution >= 0.6 is 11.6 Å². The summed E-state index contributed by atoms with van der Waals surface area (Å²) in [6.07, 6.45) is 4.61. The Morgan fingerprint density at radius 2 is 2.04 bits per heavy atom. The number of aromatic nitrogens is 1. The van der Waals surface area contributed by atoms with Gasteiger partial charge in [0.15, 0.2) is 6.61 Å². The number of benzene rings is 1. The summed E-state index contributed by atoms with van der Waals surface area (Å²) in [5, 5.41) is 3.57. The fourth-order valence-corrected chi connectivity index (χ4v) is 3.01. The number of carbonyl (C=O) groups excluding carboxylic acids is 2. The lowest BCUT2D eigenvalue weighted by molar-refractivity contribution is -0.134. The molecule has 0 unspecified atom stereocenters. The minimum absolute atomic E-state index is 0.0208. The molecule has 2 heterocycles. The first-order valence-electron chi connectivity index (χ1n) is 8.49. The summed E-state index contributed by atoms with van der Waals surface area (Å²) in [4.78, 5) is 30.1. The second kappa shape index (κ2) is 8.67. The molecular weight excluding hydrogens is 354 g/mol. The SMILES string of the molecule is O=C(NC1CCN(C(=O)COc2cccc(Cl)c2)CC1)c1cccnc1. The van der Waals surface area contributed by atoms with Crippen molar-refractivity contribution in [2.75, 3.05) is 19.7 Å². The molecule has 0 spiro atoms. The predicted octanol–water partition coefficient (Wildman–Crippen LogP) is 2.53. The Labute approximate surface area is 157 Å². The third kappa shape index (κ3) is 4.95. The molecule has 6 nitrogen and oxygen atoms in total. The number of hydrogen-bond donors (Lipinski definition) is 1. The zero-order valence-corrected chi connectivity index (χ0v) is 15.0. The van der Waals surface area contributed by atoms with Crippen molar-refractivity contribution in [3.8, 4) is 5.75 Å². The van der Waals surface area contributed by atoms with Crippen LogP contribution in [0.5, 0.6) is 5.75 Å². The topological polar surface area (TPSA) is 71.5 Å². The van der Waals surface area contributed by atoms with Gasteiger partial charge in [0.25, 0.3) is 11.8 Å². The second-order valence-electron chi connectivity index (χ2n) is 6.12. The molecule has 3 rings (SSSR count). The van der Waals surface area contributed by atoms with Crippen molar-refractivity contribution in [2.24, 2.45) is 0 Å². The molecule has 0 bridgehead atoms. The zero-order valence-electron chi connectivity index (χ0n) is 14.2. The molecule has 1 aromatic carbocycles. The van der Waals surface area contributed by atoms with Crippen LogP contribution in [0.2, 0.25) is 5.02 Å². The van der Waals surface area contributed by atoms with Crippen molar-refractivity contribution in [3.63, 3.8) is 0 Å². The molecule has 1 aliphatic heterocycles. The molecule has 0 atom stereocenters. The Hall–Kier alpha value is -2.60. The van der Waals surface area contributed by atoms with Crippen molar-refractivity contribution in [1.82, 2.24) is 15.2 Å². The summed E-state index contributed by atoms with van der Waals surface area (Å²) in [6, 6.07) is 10.5. The molecule has 0 radical (unpaired) electrons. The molecule has 136 valence electrons. The number of likely N-dealkylation sites (tertiary alicyclic amines) is 1. The standard InChI is InChI=1S/C19H20ClN3O3/c20-15-4-1-5-17(11-15)26-13-18(24)23-9-6-16(7-10-23)22-19(25)14-3-2-8-21-12-14/h1-5,8,11-12,16H,6-7,9-10,13H2,(H,22,25). The average Bonchev–Trinajstić information content (AvgIpc) is 2.67. The van der Waals surface area contributed by atoms with Crippen molar-refractivity contribution >= 4 is 23.4 Å². The van der Waals surface area contributed by atoms with E-state index in [1.54, 1.807) is 53.7 Å². The van der Waals surface area contributed by atoms with Crippen LogP contribution < -0.4 is 10.1 Å². The van der Waals surface area contributed by atoms with Crippen LogP contribution in [0.1, 0.15) is 23.2 Å². The van der Waals surface area contributed by atoms with E-state index in [-0.39, 0.29) is 24.5 Å². The number of pyridine rings is 1. The molecular formula is C19H20ClN3O3. The van der Waals surface area contributed by atoms with E-state index in [1.807, 2.05) is 0 Å². The summed E-state index contributed by atoms with van der Waals surface area (Å²) in [7, 11) is 0. The lowest BCUT2D eigenvalue weighted by Gasteiger charge is -2.32. The van der Waals surface area contributed by atoms with Gasteiger partial charge in [-0.3, -0.25) is 14.6 Å². The molecule has 1 fully saturated rings. The smallest absolute Gasteiger partial charge is 0.260 e. The number of halogens is 1. The highest BCUT2D eigenvalue weighted by Gasteiger charge is 2.24. The summed E-state index contributed by atoms with van der Waals surface area (Å²) < 4.78 is 5.50. The second-order valence-corrected chi connectivity index (χ2v) is 6.55. The third-order valence-corrected chi connectivity index (χ3v) is 4.50. The highest BCUT2D eigenvalue weighted by atomic mass is 35.5. The van der Waals surface area contributed by atoms with Crippen LogP contribution in [0.3, 0.4) is 0 Å². The Morgan fingerprint density at radius 1 is 1.23 bits per heavy atom. The van der Waals surface area contributed by atoms with E-state index in [0.29, 0.717) is 29.4 Å². The number of nitrogens with zero attached hydrogens (tertiary/aromatic N) is 2. The van der Waals surface area contributed by atoms with Gasteiger partial charge in [0.1, 0.15) is 5.75 Å². The van der Waals surface area contributed by atoms with Gasteiger partial charge in [-0.15, -0.1) is 0 Å². The highest BCUT2D eigenvalue weighted by Crippen LogP contribution is 2.17. The maximum Gasteiger partial charge on any atom is 0.260 e. The zero-order chi connectivity index (χ0) is 18.4. The van der Waals surface area contributed by atoms with Gasteiger partial charge >= 0.3 is 0 Å². The van der Waals surface area contributed by atoms with Crippen molar-refractivity contribution in [3.05, 3.63) is 59.4 Å². The first-order chi connectivity index (χ1) is 12.6. The van der Waals surface area contributed by atoms with Crippen LogP contribution in [0.4, 0.5) is 0 Å². The number of piperidine rings is 1. The van der Waals surface area contributed by atoms with E-state index in [9.17, 15) is 9.59 Å². The van der Waals surface area contributed by atoms with Crippen molar-refractivity contribution in [2.45, 2.75) is 18.9 Å². The molecule has 7 heteroatoms. The number of ether oxygens (including phenoxy) is 1. The molecule has 2 amide bonds. The summed E-state index contributed by atoms with van der Waals surface area (Å²) in [6.45, 7) is 1.17. The average molecular weight is 374 g/mol. The Kier molecular flexibility index (Phi) is 6.07. The fraction of sp³-hybridized carbons (Fsp3) is 0.316. The van der Waals surface area contributed by atoms with Crippen LogP contribution in [0, 0.1) is 0 Å². The predicted molar refractivity (Wildman–Crippen MR) is 98.3 cm³/mol. The van der Waals surface area contributed by atoms with Crippen LogP contribution in [-0.2, 0) is 4.79 Å². The van der Waals surface area contributed by atoms with Crippen molar-refractivity contribution < 1.29 is 14.3 Å². The van der Waals surface area contributed by atoms with Gasteiger partial charge in [-0.05, 0) is 43.2 Å². The number of hydrogen-bond acceptors (Lipinski definition) is 4. The van der Waals surface area contributed by atoms with Gasteiger partial charge in [0, 0.05) is 36.5 Å². The van der Waals surface area contributed by atoms with Gasteiger partial charge in [-0.1, -0.05) is 17.7 Å². The Bertz CT molecular complexity index is 762. The number of carbonyl (C=O) groups is 2. The lowest BCUT2D eigenvalue weighted by atomic mass is 10.0. The third-order valence-electron chi connectivity index (χ3n) is 4.27. The van der Waals surface area contributed by atoms with E-state index in [0.717, 1.165) is 12.8 Å². The fourth-order valence-electron chi connectivity index (χ4n) is 2.83. The van der Waals surface area contributed by atoms with Gasteiger partial charge in [0.2, 0.25) is 0 Å².